The van der Waals surface area contributed by atoms with E-state index in [1.807, 2.05) is 0 Å². The van der Waals surface area contributed by atoms with Gasteiger partial charge in [-0.05, 0) is 36.8 Å². The summed E-state index contributed by atoms with van der Waals surface area (Å²) in [6, 6.07) is 8.58. The van der Waals surface area contributed by atoms with Gasteiger partial charge in [-0.2, -0.15) is 0 Å². The standard InChI is InChI=1S/C21H20FN3O4S/c1-12-16-17(21(27)25(12)11-13-6-8-14(22)9-7-13)20(26)18-15(5-4-10-23-18)19(16)24(2)30(3,28)29/h4-10,12,26H,11H2,1-3H3/t12-/m1/s1. The summed E-state index contributed by atoms with van der Waals surface area (Å²) in [5.41, 5.74) is 1.65. The lowest BCUT2D eigenvalue weighted by Gasteiger charge is -2.26. The Morgan fingerprint density at radius 2 is 1.90 bits per heavy atom. The number of sulfonamides is 1. The van der Waals surface area contributed by atoms with Crippen LogP contribution in [0.25, 0.3) is 10.9 Å². The van der Waals surface area contributed by atoms with Crippen LogP contribution in [-0.4, -0.2) is 42.6 Å². The number of aromatic hydroxyl groups is 1. The number of hydrogen-bond donors (Lipinski definition) is 1. The lowest BCUT2D eigenvalue weighted by molar-refractivity contribution is 0.0721. The molecule has 1 N–H and O–H groups in total. The Kier molecular flexibility index (Phi) is 4.65. The summed E-state index contributed by atoms with van der Waals surface area (Å²) in [4.78, 5) is 19.0. The number of nitrogens with zero attached hydrogens (tertiary/aromatic N) is 3. The van der Waals surface area contributed by atoms with Crippen molar-refractivity contribution in [1.82, 2.24) is 9.88 Å². The third-order valence-corrected chi connectivity index (χ3v) is 6.66. The average molecular weight is 429 g/mol. The Balaban J connectivity index is 1.94. The second kappa shape index (κ2) is 6.94. The molecule has 30 heavy (non-hydrogen) atoms. The number of hydrogen-bond acceptors (Lipinski definition) is 5. The van der Waals surface area contributed by atoms with Crippen LogP contribution in [0, 0.1) is 5.82 Å². The lowest BCUT2D eigenvalue weighted by Crippen LogP contribution is -2.28. The molecule has 0 spiro atoms. The molecular formula is C21H20FN3O4S. The number of pyridine rings is 1. The van der Waals surface area contributed by atoms with E-state index in [1.165, 1.54) is 30.3 Å². The van der Waals surface area contributed by atoms with Crippen LogP contribution in [0.15, 0.2) is 42.6 Å². The van der Waals surface area contributed by atoms with Crippen molar-refractivity contribution in [2.45, 2.75) is 19.5 Å². The first-order valence-electron chi connectivity index (χ1n) is 9.24. The third-order valence-electron chi connectivity index (χ3n) is 5.49. The number of fused-ring (bicyclic) bond motifs is 2. The minimum absolute atomic E-state index is 0.0429. The molecule has 1 atom stereocenters. The van der Waals surface area contributed by atoms with Crippen LogP contribution in [0.1, 0.15) is 34.5 Å². The molecule has 1 amide bonds. The minimum atomic E-state index is -3.65. The van der Waals surface area contributed by atoms with E-state index < -0.39 is 22.0 Å². The molecule has 0 saturated carbocycles. The van der Waals surface area contributed by atoms with E-state index in [4.69, 9.17) is 0 Å². The summed E-state index contributed by atoms with van der Waals surface area (Å²) in [5.74, 6) is -1.09. The zero-order chi connectivity index (χ0) is 21.8. The fraction of sp³-hybridized carbons (Fsp3) is 0.238. The van der Waals surface area contributed by atoms with Crippen LogP contribution in [0.2, 0.25) is 0 Å². The van der Waals surface area contributed by atoms with Crippen molar-refractivity contribution < 1.29 is 22.7 Å². The smallest absolute Gasteiger partial charge is 0.258 e. The van der Waals surface area contributed by atoms with Crippen molar-refractivity contribution in [2.75, 3.05) is 17.6 Å². The van der Waals surface area contributed by atoms with E-state index >= 15 is 0 Å². The summed E-state index contributed by atoms with van der Waals surface area (Å²) in [5, 5.41) is 11.3. The number of anilines is 1. The Labute approximate surface area is 173 Å². The number of carbonyl (C=O) groups excluding carboxylic acids is 1. The maximum absolute atomic E-state index is 13.3. The van der Waals surface area contributed by atoms with Crippen LogP contribution < -0.4 is 4.31 Å². The van der Waals surface area contributed by atoms with Crippen molar-refractivity contribution in [3.8, 4) is 5.75 Å². The monoisotopic (exact) mass is 429 g/mol. The molecule has 2 aromatic carbocycles. The Morgan fingerprint density at radius 3 is 2.53 bits per heavy atom. The van der Waals surface area contributed by atoms with Gasteiger partial charge in [0, 0.05) is 30.7 Å². The van der Waals surface area contributed by atoms with E-state index in [9.17, 15) is 22.7 Å². The maximum Gasteiger partial charge on any atom is 0.258 e. The van der Waals surface area contributed by atoms with E-state index in [0.717, 1.165) is 10.6 Å². The van der Waals surface area contributed by atoms with Crippen LogP contribution in [0.5, 0.6) is 5.75 Å². The SMILES string of the molecule is C[C@@H]1c2c(c(O)c3ncccc3c2N(C)S(C)(=O)=O)C(=O)N1Cc1ccc(F)cc1. The first-order valence-corrected chi connectivity index (χ1v) is 11.1. The number of phenolic OH excluding ortho intramolecular Hbond substituents is 1. The molecule has 0 aliphatic carbocycles. The number of halogens is 1. The van der Waals surface area contributed by atoms with Gasteiger partial charge in [0.1, 0.15) is 11.3 Å². The molecule has 4 rings (SSSR count). The number of carbonyl (C=O) groups is 1. The zero-order valence-electron chi connectivity index (χ0n) is 16.6. The van der Waals surface area contributed by atoms with Gasteiger partial charge in [-0.25, -0.2) is 12.8 Å². The summed E-state index contributed by atoms with van der Waals surface area (Å²) >= 11 is 0. The lowest BCUT2D eigenvalue weighted by atomic mass is 9.97. The Bertz CT molecular complexity index is 1280. The molecule has 3 aromatic rings. The molecule has 7 nitrogen and oxygen atoms in total. The van der Waals surface area contributed by atoms with Crippen LogP contribution >= 0.6 is 0 Å². The van der Waals surface area contributed by atoms with E-state index in [0.29, 0.717) is 22.2 Å². The topological polar surface area (TPSA) is 90.8 Å². The van der Waals surface area contributed by atoms with Crippen LogP contribution in [0.3, 0.4) is 0 Å². The second-order valence-corrected chi connectivity index (χ2v) is 9.37. The van der Waals surface area contributed by atoms with Crippen LogP contribution in [0.4, 0.5) is 10.1 Å². The van der Waals surface area contributed by atoms with Crippen molar-refractivity contribution in [3.63, 3.8) is 0 Å². The van der Waals surface area contributed by atoms with E-state index in [-0.39, 0.29) is 29.2 Å². The summed E-state index contributed by atoms with van der Waals surface area (Å²) in [6.45, 7) is 1.95. The molecule has 9 heteroatoms. The van der Waals surface area contributed by atoms with Gasteiger partial charge in [-0.1, -0.05) is 12.1 Å². The fourth-order valence-corrected chi connectivity index (χ4v) is 4.42. The first-order chi connectivity index (χ1) is 14.1. The number of amides is 1. The second-order valence-electron chi connectivity index (χ2n) is 7.35. The molecule has 0 bridgehead atoms. The third kappa shape index (κ3) is 3.06. The van der Waals surface area contributed by atoms with E-state index in [1.54, 1.807) is 31.2 Å². The molecular weight excluding hydrogens is 409 g/mol. The van der Waals surface area contributed by atoms with Gasteiger partial charge in [0.25, 0.3) is 5.91 Å². The van der Waals surface area contributed by atoms with Gasteiger partial charge < -0.3 is 10.0 Å². The highest BCUT2D eigenvalue weighted by atomic mass is 32.2. The van der Waals surface area contributed by atoms with Gasteiger partial charge in [0.2, 0.25) is 10.0 Å². The number of aromatic nitrogens is 1. The van der Waals surface area contributed by atoms with Gasteiger partial charge >= 0.3 is 0 Å². The summed E-state index contributed by atoms with van der Waals surface area (Å²) in [7, 11) is -2.24. The largest absolute Gasteiger partial charge is 0.505 e. The van der Waals surface area contributed by atoms with Gasteiger partial charge in [0.15, 0.2) is 5.75 Å². The van der Waals surface area contributed by atoms with E-state index in [2.05, 4.69) is 4.98 Å². The van der Waals surface area contributed by atoms with Crippen molar-refractivity contribution >= 4 is 32.5 Å². The Hall–Kier alpha value is -3.20. The maximum atomic E-state index is 13.3. The van der Waals surface area contributed by atoms with Gasteiger partial charge in [-0.15, -0.1) is 0 Å². The predicted molar refractivity (Wildman–Crippen MR) is 111 cm³/mol. The minimum Gasteiger partial charge on any atom is -0.505 e. The predicted octanol–water partition coefficient (Wildman–Crippen LogP) is 3.19. The quantitative estimate of drug-likeness (QED) is 0.688. The molecule has 2 heterocycles. The fourth-order valence-electron chi connectivity index (χ4n) is 3.89. The highest BCUT2D eigenvalue weighted by Gasteiger charge is 2.41. The average Bonchev–Trinajstić information content (AvgIpc) is 2.94. The van der Waals surface area contributed by atoms with Gasteiger partial charge in [0.05, 0.1) is 23.5 Å². The molecule has 1 aliphatic rings. The highest BCUT2D eigenvalue weighted by Crippen LogP contribution is 2.49. The normalized spacial score (nSPS) is 16.2. The number of benzene rings is 2. The van der Waals surface area contributed by atoms with Crippen LogP contribution in [-0.2, 0) is 16.6 Å². The highest BCUT2D eigenvalue weighted by molar-refractivity contribution is 7.92. The molecule has 1 aromatic heterocycles. The number of phenols is 1. The Morgan fingerprint density at radius 1 is 1.23 bits per heavy atom. The summed E-state index contributed by atoms with van der Waals surface area (Å²) in [6.07, 6.45) is 2.55. The summed E-state index contributed by atoms with van der Waals surface area (Å²) < 4.78 is 39.1. The first kappa shape index (κ1) is 20.1. The molecule has 0 radical (unpaired) electrons. The molecule has 0 saturated heterocycles. The van der Waals surface area contributed by atoms with Gasteiger partial charge in [-0.3, -0.25) is 14.1 Å². The van der Waals surface area contributed by atoms with Crippen molar-refractivity contribution in [1.29, 1.82) is 0 Å². The molecule has 0 fully saturated rings. The molecule has 0 unspecified atom stereocenters. The molecule has 156 valence electrons. The van der Waals surface area contributed by atoms with Crippen molar-refractivity contribution in [2.24, 2.45) is 0 Å². The number of rotatable bonds is 4. The van der Waals surface area contributed by atoms with Crippen molar-refractivity contribution in [3.05, 3.63) is 65.1 Å². The molecule has 1 aliphatic heterocycles. The zero-order valence-corrected chi connectivity index (χ0v) is 17.4.